The summed E-state index contributed by atoms with van der Waals surface area (Å²) in [6, 6.07) is 7.04. The first-order chi connectivity index (χ1) is 9.47. The number of nitrogens with one attached hydrogen (secondary N) is 2. The van der Waals surface area contributed by atoms with Crippen molar-refractivity contribution in [3.63, 3.8) is 0 Å². The summed E-state index contributed by atoms with van der Waals surface area (Å²) in [6.45, 7) is 7.58. The third-order valence-electron chi connectivity index (χ3n) is 2.99. The molecule has 20 heavy (non-hydrogen) atoms. The van der Waals surface area contributed by atoms with E-state index in [1.807, 2.05) is 13.0 Å². The SMILES string of the molecule is CCCNc1ccccc1S(=O)(=O)NCCCC(C)C. The van der Waals surface area contributed by atoms with Gasteiger partial charge in [-0.15, -0.1) is 0 Å². The van der Waals surface area contributed by atoms with Gasteiger partial charge in [0, 0.05) is 13.1 Å². The van der Waals surface area contributed by atoms with E-state index >= 15 is 0 Å². The van der Waals surface area contributed by atoms with Crippen molar-refractivity contribution in [1.82, 2.24) is 4.72 Å². The lowest BCUT2D eigenvalue weighted by Crippen LogP contribution is -2.26. The Labute approximate surface area is 123 Å². The average molecular weight is 298 g/mol. The molecule has 0 radical (unpaired) electrons. The number of sulfonamides is 1. The smallest absolute Gasteiger partial charge is 0.242 e. The van der Waals surface area contributed by atoms with Crippen LogP contribution in [0.5, 0.6) is 0 Å². The van der Waals surface area contributed by atoms with Crippen molar-refractivity contribution < 1.29 is 8.42 Å². The molecule has 0 fully saturated rings. The summed E-state index contributed by atoms with van der Waals surface area (Å²) in [7, 11) is -3.43. The van der Waals surface area contributed by atoms with Gasteiger partial charge in [0.05, 0.1) is 5.69 Å². The van der Waals surface area contributed by atoms with Gasteiger partial charge in [-0.1, -0.05) is 32.9 Å². The molecule has 4 nitrogen and oxygen atoms in total. The highest BCUT2D eigenvalue weighted by molar-refractivity contribution is 7.89. The quantitative estimate of drug-likeness (QED) is 0.688. The molecular formula is C15H26N2O2S. The Bertz CT molecular complexity index is 498. The van der Waals surface area contributed by atoms with Gasteiger partial charge < -0.3 is 5.32 Å². The summed E-state index contributed by atoms with van der Waals surface area (Å²) < 4.78 is 27.3. The molecule has 0 aliphatic heterocycles. The number of rotatable bonds is 9. The van der Waals surface area contributed by atoms with E-state index in [4.69, 9.17) is 0 Å². The van der Waals surface area contributed by atoms with E-state index in [9.17, 15) is 8.42 Å². The molecule has 0 saturated heterocycles. The lowest BCUT2D eigenvalue weighted by molar-refractivity contribution is 0.540. The zero-order valence-corrected chi connectivity index (χ0v) is 13.5. The lowest BCUT2D eigenvalue weighted by atomic mass is 10.1. The molecule has 0 amide bonds. The zero-order chi connectivity index (χ0) is 15.0. The molecule has 1 aromatic carbocycles. The van der Waals surface area contributed by atoms with Crippen LogP contribution in [0.15, 0.2) is 29.2 Å². The summed E-state index contributed by atoms with van der Waals surface area (Å²) in [5, 5.41) is 3.16. The Morgan fingerprint density at radius 3 is 2.50 bits per heavy atom. The summed E-state index contributed by atoms with van der Waals surface area (Å²) >= 11 is 0. The molecule has 0 aromatic heterocycles. The maximum absolute atomic E-state index is 12.3. The molecule has 114 valence electrons. The largest absolute Gasteiger partial charge is 0.384 e. The second-order valence-corrected chi connectivity index (χ2v) is 7.09. The van der Waals surface area contributed by atoms with Crippen molar-refractivity contribution in [2.45, 2.75) is 44.9 Å². The highest BCUT2D eigenvalue weighted by Crippen LogP contribution is 2.20. The minimum absolute atomic E-state index is 0.331. The van der Waals surface area contributed by atoms with Gasteiger partial charge in [-0.2, -0.15) is 0 Å². The number of para-hydroxylation sites is 1. The lowest BCUT2D eigenvalue weighted by Gasteiger charge is -2.13. The van der Waals surface area contributed by atoms with Crippen molar-refractivity contribution in [2.75, 3.05) is 18.4 Å². The van der Waals surface area contributed by atoms with Gasteiger partial charge >= 0.3 is 0 Å². The van der Waals surface area contributed by atoms with Gasteiger partial charge in [-0.3, -0.25) is 0 Å². The molecule has 2 N–H and O–H groups in total. The third-order valence-corrected chi connectivity index (χ3v) is 4.51. The summed E-state index contributed by atoms with van der Waals surface area (Å²) in [5.74, 6) is 0.595. The Balaban J connectivity index is 2.71. The van der Waals surface area contributed by atoms with Gasteiger partial charge in [-0.05, 0) is 37.3 Å². The van der Waals surface area contributed by atoms with Crippen LogP contribution in [0.4, 0.5) is 5.69 Å². The molecule has 0 saturated carbocycles. The molecule has 0 heterocycles. The van der Waals surface area contributed by atoms with E-state index in [1.54, 1.807) is 18.2 Å². The number of hydrogen-bond acceptors (Lipinski definition) is 3. The fourth-order valence-electron chi connectivity index (χ4n) is 1.90. The Morgan fingerprint density at radius 2 is 1.85 bits per heavy atom. The molecule has 0 aliphatic rings. The average Bonchev–Trinajstić information content (AvgIpc) is 2.41. The highest BCUT2D eigenvalue weighted by Gasteiger charge is 2.17. The van der Waals surface area contributed by atoms with Crippen molar-refractivity contribution in [1.29, 1.82) is 0 Å². The van der Waals surface area contributed by atoms with E-state index in [-0.39, 0.29) is 0 Å². The minimum atomic E-state index is -3.43. The standard InChI is InChI=1S/C15H26N2O2S/c1-4-11-16-14-9-5-6-10-15(14)20(18,19)17-12-7-8-13(2)3/h5-6,9-10,13,16-17H,4,7-8,11-12H2,1-3H3. The van der Waals surface area contributed by atoms with Crippen LogP contribution >= 0.6 is 0 Å². The molecule has 0 unspecified atom stereocenters. The van der Waals surface area contributed by atoms with Crippen LogP contribution in [0.1, 0.15) is 40.0 Å². The molecule has 1 rings (SSSR count). The summed E-state index contributed by atoms with van der Waals surface area (Å²) in [5.41, 5.74) is 0.672. The highest BCUT2D eigenvalue weighted by atomic mass is 32.2. The van der Waals surface area contributed by atoms with Crippen LogP contribution in [-0.2, 0) is 10.0 Å². The predicted molar refractivity (Wildman–Crippen MR) is 84.5 cm³/mol. The number of anilines is 1. The van der Waals surface area contributed by atoms with Gasteiger partial charge in [0.15, 0.2) is 0 Å². The predicted octanol–water partition coefficient (Wildman–Crippen LogP) is 3.22. The first kappa shape index (κ1) is 17.0. The van der Waals surface area contributed by atoms with Crippen LogP contribution < -0.4 is 10.0 Å². The topological polar surface area (TPSA) is 58.2 Å². The van der Waals surface area contributed by atoms with Crippen LogP contribution in [0.25, 0.3) is 0 Å². The maximum atomic E-state index is 12.3. The monoisotopic (exact) mass is 298 g/mol. The van der Waals surface area contributed by atoms with Crippen molar-refractivity contribution in [3.05, 3.63) is 24.3 Å². The fourth-order valence-corrected chi connectivity index (χ4v) is 3.16. The third kappa shape index (κ3) is 5.51. The second-order valence-electron chi connectivity index (χ2n) is 5.36. The number of hydrogen-bond donors (Lipinski definition) is 2. The molecule has 0 atom stereocenters. The van der Waals surface area contributed by atoms with Crippen molar-refractivity contribution in [2.24, 2.45) is 5.92 Å². The van der Waals surface area contributed by atoms with E-state index in [0.29, 0.717) is 23.0 Å². The van der Waals surface area contributed by atoms with Gasteiger partial charge in [0.1, 0.15) is 4.90 Å². The van der Waals surface area contributed by atoms with E-state index in [2.05, 4.69) is 23.9 Å². The van der Waals surface area contributed by atoms with E-state index in [0.717, 1.165) is 25.8 Å². The second kappa shape index (κ2) is 8.27. The molecule has 5 heteroatoms. The van der Waals surface area contributed by atoms with E-state index < -0.39 is 10.0 Å². The van der Waals surface area contributed by atoms with Crippen LogP contribution in [-0.4, -0.2) is 21.5 Å². The maximum Gasteiger partial charge on any atom is 0.242 e. The van der Waals surface area contributed by atoms with E-state index in [1.165, 1.54) is 0 Å². The summed E-state index contributed by atoms with van der Waals surface area (Å²) in [6.07, 6.45) is 2.84. The van der Waals surface area contributed by atoms with Crippen molar-refractivity contribution >= 4 is 15.7 Å². The van der Waals surface area contributed by atoms with Crippen LogP contribution in [0.2, 0.25) is 0 Å². The van der Waals surface area contributed by atoms with Gasteiger partial charge in [0.25, 0.3) is 0 Å². The molecule has 0 spiro atoms. The normalized spacial score (nSPS) is 11.8. The van der Waals surface area contributed by atoms with Crippen molar-refractivity contribution in [3.8, 4) is 0 Å². The number of benzene rings is 1. The zero-order valence-electron chi connectivity index (χ0n) is 12.6. The van der Waals surface area contributed by atoms with Crippen LogP contribution in [0, 0.1) is 5.92 Å². The first-order valence-electron chi connectivity index (χ1n) is 7.30. The van der Waals surface area contributed by atoms with Gasteiger partial charge in [0.2, 0.25) is 10.0 Å². The molecule has 0 aliphatic carbocycles. The Kier molecular flexibility index (Phi) is 7.02. The molecule has 1 aromatic rings. The Morgan fingerprint density at radius 1 is 1.15 bits per heavy atom. The van der Waals surface area contributed by atoms with Gasteiger partial charge in [-0.25, -0.2) is 13.1 Å². The molecule has 0 bridgehead atoms. The minimum Gasteiger partial charge on any atom is -0.384 e. The van der Waals surface area contributed by atoms with Crippen LogP contribution in [0.3, 0.4) is 0 Å². The summed E-state index contributed by atoms with van der Waals surface area (Å²) in [4.78, 5) is 0.331. The molecular weight excluding hydrogens is 272 g/mol. The first-order valence-corrected chi connectivity index (χ1v) is 8.78. The Hall–Kier alpha value is -1.07. The fraction of sp³-hybridized carbons (Fsp3) is 0.600.